The first-order valence-electron chi connectivity index (χ1n) is 5.32. The molecule has 2 rings (SSSR count). The molecule has 0 bridgehead atoms. The zero-order valence-corrected chi connectivity index (χ0v) is 8.78. The number of nitrogens with two attached hydrogens (primary N) is 1. The SMILES string of the molecule is CC1CN(CC2(CO)COC2)CC1N. The van der Waals surface area contributed by atoms with Crippen LogP contribution in [0, 0.1) is 11.3 Å². The second-order valence-electron chi connectivity index (χ2n) is 4.99. The summed E-state index contributed by atoms with van der Waals surface area (Å²) in [5.74, 6) is 0.576. The van der Waals surface area contributed by atoms with Crippen molar-refractivity contribution in [1.29, 1.82) is 0 Å². The monoisotopic (exact) mass is 200 g/mol. The topological polar surface area (TPSA) is 58.7 Å². The van der Waals surface area contributed by atoms with Crippen LogP contribution in [-0.2, 0) is 4.74 Å². The van der Waals surface area contributed by atoms with Gasteiger partial charge in [0, 0.05) is 25.7 Å². The number of aliphatic hydroxyl groups excluding tert-OH is 1. The smallest absolute Gasteiger partial charge is 0.0579 e. The molecule has 3 N–H and O–H groups in total. The summed E-state index contributed by atoms with van der Waals surface area (Å²) in [6, 6.07) is 0.298. The lowest BCUT2D eigenvalue weighted by atomic mass is 9.86. The molecule has 0 aromatic heterocycles. The van der Waals surface area contributed by atoms with Gasteiger partial charge in [-0.1, -0.05) is 6.92 Å². The molecule has 4 heteroatoms. The van der Waals surface area contributed by atoms with Crippen molar-refractivity contribution in [2.45, 2.75) is 13.0 Å². The minimum atomic E-state index is 0.00375. The van der Waals surface area contributed by atoms with E-state index in [1.165, 1.54) is 0 Å². The molecule has 2 atom stereocenters. The lowest BCUT2D eigenvalue weighted by Crippen LogP contribution is -2.53. The summed E-state index contributed by atoms with van der Waals surface area (Å²) in [5, 5.41) is 9.29. The van der Waals surface area contributed by atoms with Gasteiger partial charge in [-0.05, 0) is 5.92 Å². The third kappa shape index (κ3) is 1.80. The Bertz CT molecular complexity index is 191. The third-order valence-corrected chi connectivity index (χ3v) is 3.46. The van der Waals surface area contributed by atoms with Gasteiger partial charge >= 0.3 is 0 Å². The molecular weight excluding hydrogens is 180 g/mol. The van der Waals surface area contributed by atoms with Crippen LogP contribution >= 0.6 is 0 Å². The van der Waals surface area contributed by atoms with Crippen molar-refractivity contribution in [3.05, 3.63) is 0 Å². The average Bonchev–Trinajstić information content (AvgIpc) is 2.39. The molecule has 0 aromatic rings. The molecule has 2 heterocycles. The number of hydrogen-bond acceptors (Lipinski definition) is 4. The Morgan fingerprint density at radius 2 is 2.21 bits per heavy atom. The van der Waals surface area contributed by atoms with Crippen molar-refractivity contribution in [3.63, 3.8) is 0 Å². The van der Waals surface area contributed by atoms with Crippen LogP contribution in [0.3, 0.4) is 0 Å². The minimum Gasteiger partial charge on any atom is -0.396 e. The molecule has 0 spiro atoms. The highest BCUT2D eigenvalue weighted by Gasteiger charge is 2.41. The second kappa shape index (κ2) is 3.77. The number of nitrogens with zero attached hydrogens (tertiary/aromatic N) is 1. The lowest BCUT2D eigenvalue weighted by molar-refractivity contribution is -0.146. The summed E-state index contributed by atoms with van der Waals surface area (Å²) >= 11 is 0. The van der Waals surface area contributed by atoms with Crippen molar-refractivity contribution < 1.29 is 9.84 Å². The van der Waals surface area contributed by atoms with E-state index < -0.39 is 0 Å². The molecular formula is C10H20N2O2. The van der Waals surface area contributed by atoms with Crippen molar-refractivity contribution >= 4 is 0 Å². The lowest BCUT2D eigenvalue weighted by Gasteiger charge is -2.42. The molecule has 82 valence electrons. The molecule has 0 amide bonds. The van der Waals surface area contributed by atoms with Gasteiger partial charge in [-0.25, -0.2) is 0 Å². The van der Waals surface area contributed by atoms with Gasteiger partial charge in [-0.15, -0.1) is 0 Å². The van der Waals surface area contributed by atoms with Crippen LogP contribution in [0.4, 0.5) is 0 Å². The molecule has 4 nitrogen and oxygen atoms in total. The van der Waals surface area contributed by atoms with E-state index in [1.807, 2.05) is 0 Å². The summed E-state index contributed by atoms with van der Waals surface area (Å²) in [6.45, 7) is 6.77. The highest BCUT2D eigenvalue weighted by molar-refractivity contribution is 4.92. The van der Waals surface area contributed by atoms with Gasteiger partial charge < -0.3 is 20.5 Å². The van der Waals surface area contributed by atoms with Crippen molar-refractivity contribution in [2.75, 3.05) is 39.5 Å². The van der Waals surface area contributed by atoms with Crippen LogP contribution in [0.2, 0.25) is 0 Å². The van der Waals surface area contributed by atoms with Crippen LogP contribution in [-0.4, -0.2) is 55.5 Å². The van der Waals surface area contributed by atoms with Crippen molar-refractivity contribution in [2.24, 2.45) is 17.1 Å². The summed E-state index contributed by atoms with van der Waals surface area (Å²) in [6.07, 6.45) is 0. The Labute approximate surface area is 85.0 Å². The second-order valence-corrected chi connectivity index (χ2v) is 4.99. The maximum Gasteiger partial charge on any atom is 0.0579 e. The highest BCUT2D eigenvalue weighted by Crippen LogP contribution is 2.29. The fourth-order valence-electron chi connectivity index (χ4n) is 2.32. The molecule has 2 unspecified atom stereocenters. The van der Waals surface area contributed by atoms with E-state index in [2.05, 4.69) is 11.8 Å². The molecule has 0 saturated carbocycles. The van der Waals surface area contributed by atoms with Crippen molar-refractivity contribution in [3.8, 4) is 0 Å². The fourth-order valence-corrected chi connectivity index (χ4v) is 2.32. The molecule has 2 aliphatic rings. The molecule has 0 aliphatic carbocycles. The summed E-state index contributed by atoms with van der Waals surface area (Å²) < 4.78 is 5.18. The number of likely N-dealkylation sites (tertiary alicyclic amines) is 1. The molecule has 2 aliphatic heterocycles. The van der Waals surface area contributed by atoms with Gasteiger partial charge in [0.15, 0.2) is 0 Å². The van der Waals surface area contributed by atoms with Gasteiger partial charge in [0.2, 0.25) is 0 Å². The minimum absolute atomic E-state index is 0.00375. The van der Waals surface area contributed by atoms with E-state index >= 15 is 0 Å². The third-order valence-electron chi connectivity index (χ3n) is 3.46. The number of hydrogen-bond donors (Lipinski definition) is 2. The van der Waals surface area contributed by atoms with Gasteiger partial charge in [0.1, 0.15) is 0 Å². The Morgan fingerprint density at radius 1 is 1.50 bits per heavy atom. The van der Waals surface area contributed by atoms with E-state index in [0.717, 1.165) is 19.6 Å². The fraction of sp³-hybridized carbons (Fsp3) is 1.00. The Kier molecular flexibility index (Phi) is 2.79. The van der Waals surface area contributed by atoms with E-state index in [-0.39, 0.29) is 12.0 Å². The quantitative estimate of drug-likeness (QED) is 0.631. The predicted molar refractivity (Wildman–Crippen MR) is 53.9 cm³/mol. The standard InChI is InChI=1S/C10H20N2O2/c1-8-2-12(3-9(8)11)4-10(5-13)6-14-7-10/h8-9,13H,2-7,11H2,1H3. The van der Waals surface area contributed by atoms with Gasteiger partial charge in [0.25, 0.3) is 0 Å². The Hall–Kier alpha value is -0.160. The van der Waals surface area contributed by atoms with E-state index in [0.29, 0.717) is 25.2 Å². The summed E-state index contributed by atoms with van der Waals surface area (Å²) in [4.78, 5) is 2.36. The first-order valence-corrected chi connectivity index (χ1v) is 5.32. The largest absolute Gasteiger partial charge is 0.396 e. The van der Waals surface area contributed by atoms with Gasteiger partial charge in [0.05, 0.1) is 25.2 Å². The van der Waals surface area contributed by atoms with Crippen LogP contribution in [0.5, 0.6) is 0 Å². The average molecular weight is 200 g/mol. The zero-order valence-electron chi connectivity index (χ0n) is 8.78. The maximum absolute atomic E-state index is 9.29. The van der Waals surface area contributed by atoms with E-state index in [1.54, 1.807) is 0 Å². The van der Waals surface area contributed by atoms with Gasteiger partial charge in [-0.2, -0.15) is 0 Å². The van der Waals surface area contributed by atoms with Crippen LogP contribution in [0.15, 0.2) is 0 Å². The van der Waals surface area contributed by atoms with Crippen molar-refractivity contribution in [1.82, 2.24) is 4.90 Å². The zero-order chi connectivity index (χ0) is 10.2. The maximum atomic E-state index is 9.29. The van der Waals surface area contributed by atoms with Gasteiger partial charge in [-0.3, -0.25) is 0 Å². The molecule has 2 fully saturated rings. The number of aliphatic hydroxyl groups is 1. The molecule has 0 radical (unpaired) electrons. The Balaban J connectivity index is 1.86. The van der Waals surface area contributed by atoms with E-state index in [9.17, 15) is 5.11 Å². The molecule has 2 saturated heterocycles. The molecule has 0 aromatic carbocycles. The molecule has 14 heavy (non-hydrogen) atoms. The van der Waals surface area contributed by atoms with Crippen LogP contribution in [0.25, 0.3) is 0 Å². The Morgan fingerprint density at radius 3 is 2.57 bits per heavy atom. The van der Waals surface area contributed by atoms with Crippen LogP contribution in [0.1, 0.15) is 6.92 Å². The first-order chi connectivity index (χ1) is 6.65. The van der Waals surface area contributed by atoms with Crippen LogP contribution < -0.4 is 5.73 Å². The normalized spacial score (nSPS) is 37.1. The van der Waals surface area contributed by atoms with E-state index in [4.69, 9.17) is 10.5 Å². The summed E-state index contributed by atoms with van der Waals surface area (Å²) in [5.41, 5.74) is 5.96. The summed E-state index contributed by atoms with van der Waals surface area (Å²) in [7, 11) is 0. The first kappa shape index (κ1) is 10.4. The number of rotatable bonds is 3. The number of ether oxygens (including phenoxy) is 1. The predicted octanol–water partition coefficient (Wildman–Crippen LogP) is -0.726. The highest BCUT2D eigenvalue weighted by atomic mass is 16.5.